The molecular weight excluding hydrogens is 220 g/mol. The molecule has 2 heterocycles. The van der Waals surface area contributed by atoms with E-state index >= 15 is 0 Å². The van der Waals surface area contributed by atoms with Gasteiger partial charge in [0.15, 0.2) is 0 Å². The Morgan fingerprint density at radius 2 is 2.38 bits per heavy atom. The summed E-state index contributed by atoms with van der Waals surface area (Å²) in [6, 6.07) is 8.46. The Morgan fingerprint density at radius 1 is 1.44 bits per heavy atom. The van der Waals surface area contributed by atoms with Crippen molar-refractivity contribution in [2.45, 2.75) is 12.6 Å². The van der Waals surface area contributed by atoms with Crippen LogP contribution in [-0.4, -0.2) is 11.6 Å². The summed E-state index contributed by atoms with van der Waals surface area (Å²) in [4.78, 5) is 4.25. The van der Waals surface area contributed by atoms with E-state index in [4.69, 9.17) is 4.74 Å². The summed E-state index contributed by atoms with van der Waals surface area (Å²) in [6.07, 6.45) is 0. The fraction of sp³-hybridized carbons (Fsp3) is 0.250. The first-order valence-corrected chi connectivity index (χ1v) is 6.20. The fourth-order valence-corrected chi connectivity index (χ4v) is 2.44. The molecule has 1 aromatic heterocycles. The Morgan fingerprint density at radius 3 is 3.25 bits per heavy atom. The second kappa shape index (κ2) is 4.23. The number of aromatic nitrogens is 1. The zero-order valence-electron chi connectivity index (χ0n) is 8.72. The van der Waals surface area contributed by atoms with Crippen molar-refractivity contribution in [3.05, 3.63) is 46.4 Å². The molecule has 0 fully saturated rings. The van der Waals surface area contributed by atoms with Gasteiger partial charge >= 0.3 is 0 Å². The predicted octanol–water partition coefficient (Wildman–Crippen LogP) is 2.37. The minimum absolute atomic E-state index is 0.290. The van der Waals surface area contributed by atoms with Crippen LogP contribution < -0.4 is 10.1 Å². The van der Waals surface area contributed by atoms with Gasteiger partial charge in [-0.2, -0.15) is 0 Å². The molecule has 0 amide bonds. The highest BCUT2D eigenvalue weighted by Gasteiger charge is 2.22. The monoisotopic (exact) mass is 232 g/mol. The molecule has 1 aromatic carbocycles. The van der Waals surface area contributed by atoms with Crippen LogP contribution in [0.3, 0.4) is 0 Å². The maximum absolute atomic E-state index is 5.60. The highest BCUT2D eigenvalue weighted by atomic mass is 32.1. The van der Waals surface area contributed by atoms with Gasteiger partial charge in [0.1, 0.15) is 12.4 Å². The van der Waals surface area contributed by atoms with Gasteiger partial charge in [-0.05, 0) is 6.07 Å². The number of rotatable bonds is 3. The lowest BCUT2D eigenvalue weighted by molar-refractivity contribution is 0.310. The van der Waals surface area contributed by atoms with Gasteiger partial charge < -0.3 is 10.1 Å². The molecule has 4 heteroatoms. The number of nitrogens with one attached hydrogen (secondary N) is 1. The van der Waals surface area contributed by atoms with E-state index in [0.717, 1.165) is 18.0 Å². The predicted molar refractivity (Wildman–Crippen MR) is 63.6 cm³/mol. The van der Waals surface area contributed by atoms with Crippen molar-refractivity contribution < 1.29 is 4.74 Å². The molecule has 0 spiro atoms. The second-order valence-electron chi connectivity index (χ2n) is 3.76. The zero-order valence-corrected chi connectivity index (χ0v) is 9.54. The van der Waals surface area contributed by atoms with Crippen LogP contribution in [0.25, 0.3) is 0 Å². The number of para-hydroxylation sites is 1. The standard InChI is InChI=1S/C12H12N2OS/c1-2-4-12-10(3-1)11(6-15-12)13-5-9-7-16-8-14-9/h1-4,7-8,11,13H,5-6H2. The molecule has 1 unspecified atom stereocenters. The summed E-state index contributed by atoms with van der Waals surface area (Å²) in [7, 11) is 0. The van der Waals surface area contributed by atoms with E-state index in [1.54, 1.807) is 11.3 Å². The number of hydrogen-bond acceptors (Lipinski definition) is 4. The van der Waals surface area contributed by atoms with Crippen LogP contribution in [0.4, 0.5) is 0 Å². The summed E-state index contributed by atoms with van der Waals surface area (Å²) in [5, 5.41) is 5.52. The van der Waals surface area contributed by atoms with Crippen molar-refractivity contribution in [2.24, 2.45) is 0 Å². The topological polar surface area (TPSA) is 34.1 Å². The fourth-order valence-electron chi connectivity index (χ4n) is 1.88. The molecule has 1 N–H and O–H groups in total. The Labute approximate surface area is 98.1 Å². The van der Waals surface area contributed by atoms with Crippen molar-refractivity contribution in [2.75, 3.05) is 6.61 Å². The van der Waals surface area contributed by atoms with Crippen LogP contribution in [0.5, 0.6) is 5.75 Å². The molecule has 1 atom stereocenters. The third-order valence-corrected chi connectivity index (χ3v) is 3.35. The highest BCUT2D eigenvalue weighted by Crippen LogP contribution is 2.31. The number of thiazole rings is 1. The van der Waals surface area contributed by atoms with Crippen LogP contribution in [0.2, 0.25) is 0 Å². The van der Waals surface area contributed by atoms with E-state index in [9.17, 15) is 0 Å². The third-order valence-electron chi connectivity index (χ3n) is 2.71. The molecular formula is C12H12N2OS. The molecule has 3 nitrogen and oxygen atoms in total. The minimum atomic E-state index is 0.290. The van der Waals surface area contributed by atoms with Gasteiger partial charge in [0, 0.05) is 17.5 Å². The van der Waals surface area contributed by atoms with Gasteiger partial charge in [-0.3, -0.25) is 0 Å². The van der Waals surface area contributed by atoms with E-state index in [1.807, 2.05) is 23.7 Å². The van der Waals surface area contributed by atoms with Crippen LogP contribution in [-0.2, 0) is 6.54 Å². The quantitative estimate of drug-likeness (QED) is 0.882. The van der Waals surface area contributed by atoms with E-state index in [-0.39, 0.29) is 6.04 Å². The Hall–Kier alpha value is -1.39. The Bertz CT molecular complexity index is 470. The van der Waals surface area contributed by atoms with Gasteiger partial charge in [-0.15, -0.1) is 11.3 Å². The molecule has 0 bridgehead atoms. The molecule has 3 rings (SSSR count). The smallest absolute Gasteiger partial charge is 0.124 e. The summed E-state index contributed by atoms with van der Waals surface area (Å²) in [5.41, 5.74) is 4.20. The van der Waals surface area contributed by atoms with E-state index in [1.165, 1.54) is 5.56 Å². The average molecular weight is 232 g/mol. The molecule has 0 saturated carbocycles. The number of ether oxygens (including phenoxy) is 1. The van der Waals surface area contributed by atoms with Crippen LogP contribution in [0.1, 0.15) is 17.3 Å². The Balaban J connectivity index is 1.69. The molecule has 0 radical (unpaired) electrons. The first kappa shape index (κ1) is 9.81. The van der Waals surface area contributed by atoms with E-state index in [0.29, 0.717) is 6.61 Å². The van der Waals surface area contributed by atoms with Crippen molar-refractivity contribution in [1.82, 2.24) is 10.3 Å². The zero-order chi connectivity index (χ0) is 10.8. The summed E-state index contributed by atoms with van der Waals surface area (Å²) in [5.74, 6) is 0.998. The lowest BCUT2D eigenvalue weighted by Gasteiger charge is -2.09. The van der Waals surface area contributed by atoms with Gasteiger partial charge in [0.25, 0.3) is 0 Å². The van der Waals surface area contributed by atoms with E-state index in [2.05, 4.69) is 21.7 Å². The van der Waals surface area contributed by atoms with Crippen molar-refractivity contribution in [1.29, 1.82) is 0 Å². The molecule has 16 heavy (non-hydrogen) atoms. The first-order valence-electron chi connectivity index (χ1n) is 5.25. The van der Waals surface area contributed by atoms with Crippen LogP contribution >= 0.6 is 11.3 Å². The molecule has 1 aliphatic heterocycles. The first-order chi connectivity index (χ1) is 7.93. The normalized spacial score (nSPS) is 18.1. The molecule has 0 saturated heterocycles. The highest BCUT2D eigenvalue weighted by molar-refractivity contribution is 7.07. The van der Waals surface area contributed by atoms with Crippen molar-refractivity contribution in [3.63, 3.8) is 0 Å². The largest absolute Gasteiger partial charge is 0.491 e. The lowest BCUT2D eigenvalue weighted by Crippen LogP contribution is -2.22. The average Bonchev–Trinajstić information content (AvgIpc) is 2.96. The van der Waals surface area contributed by atoms with Crippen LogP contribution in [0, 0.1) is 0 Å². The van der Waals surface area contributed by atoms with Gasteiger partial charge in [0.2, 0.25) is 0 Å². The van der Waals surface area contributed by atoms with Gasteiger partial charge in [-0.1, -0.05) is 18.2 Å². The molecule has 2 aromatic rings. The second-order valence-corrected chi connectivity index (χ2v) is 4.48. The SMILES string of the molecule is c1ccc2c(c1)OCC2NCc1cscn1. The maximum atomic E-state index is 5.60. The van der Waals surface area contributed by atoms with Crippen molar-refractivity contribution >= 4 is 11.3 Å². The lowest BCUT2D eigenvalue weighted by atomic mass is 10.1. The third kappa shape index (κ3) is 1.81. The summed E-state index contributed by atoms with van der Waals surface area (Å²) >= 11 is 1.63. The molecule has 82 valence electrons. The van der Waals surface area contributed by atoms with Crippen molar-refractivity contribution in [3.8, 4) is 5.75 Å². The summed E-state index contributed by atoms with van der Waals surface area (Å²) < 4.78 is 5.60. The van der Waals surface area contributed by atoms with E-state index < -0.39 is 0 Å². The number of benzene rings is 1. The Kier molecular flexibility index (Phi) is 2.60. The molecule has 0 aliphatic carbocycles. The van der Waals surface area contributed by atoms with Crippen LogP contribution in [0.15, 0.2) is 35.2 Å². The minimum Gasteiger partial charge on any atom is -0.491 e. The number of hydrogen-bond donors (Lipinski definition) is 1. The number of fused-ring (bicyclic) bond motifs is 1. The number of nitrogens with zero attached hydrogens (tertiary/aromatic N) is 1. The van der Waals surface area contributed by atoms with Gasteiger partial charge in [0.05, 0.1) is 17.2 Å². The maximum Gasteiger partial charge on any atom is 0.124 e. The molecule has 1 aliphatic rings. The summed E-state index contributed by atoms with van der Waals surface area (Å²) in [6.45, 7) is 1.51. The van der Waals surface area contributed by atoms with Gasteiger partial charge in [-0.25, -0.2) is 4.98 Å².